The number of fused-ring (bicyclic) bond motifs is 3. The summed E-state index contributed by atoms with van der Waals surface area (Å²) in [6.45, 7) is 0. The van der Waals surface area contributed by atoms with Crippen LogP contribution in [0.5, 0.6) is 0 Å². The molecule has 0 aliphatic carbocycles. The average Bonchev–Trinajstić information content (AvgIpc) is 2.93. The van der Waals surface area contributed by atoms with Gasteiger partial charge in [0.15, 0.2) is 0 Å². The lowest BCUT2D eigenvalue weighted by Crippen LogP contribution is -2.13. The lowest BCUT2D eigenvalue weighted by atomic mass is 10.1. The van der Waals surface area contributed by atoms with Gasteiger partial charge in [-0.1, -0.05) is 47.5 Å². The molecule has 0 unspecified atom stereocenters. The highest BCUT2D eigenvalue weighted by atomic mass is 35.5. The van der Waals surface area contributed by atoms with Crippen molar-refractivity contribution in [2.24, 2.45) is 0 Å². The first kappa shape index (κ1) is 15.1. The molecular formula is C19H12Cl2N2O. The molecule has 0 saturated carbocycles. The molecule has 2 N–H and O–H groups in total. The number of hydrogen-bond acceptors (Lipinski definition) is 1. The van der Waals surface area contributed by atoms with E-state index in [4.69, 9.17) is 23.2 Å². The largest absolute Gasteiger partial charge is 0.355 e. The van der Waals surface area contributed by atoms with Gasteiger partial charge in [-0.15, -0.1) is 0 Å². The highest BCUT2D eigenvalue weighted by Crippen LogP contribution is 2.29. The first-order valence-electron chi connectivity index (χ1n) is 7.39. The minimum Gasteiger partial charge on any atom is -0.355 e. The Kier molecular flexibility index (Phi) is 3.68. The summed E-state index contributed by atoms with van der Waals surface area (Å²) in [4.78, 5) is 15.9. The maximum absolute atomic E-state index is 12.5. The minimum absolute atomic E-state index is 0.278. The number of carbonyl (C=O) groups is 1. The number of halogens is 2. The first-order chi connectivity index (χ1) is 11.6. The molecule has 5 heteroatoms. The molecule has 4 aromatic rings. The molecule has 1 heterocycles. The summed E-state index contributed by atoms with van der Waals surface area (Å²) in [6.07, 6.45) is 0. The Hall–Kier alpha value is -2.49. The smallest absolute Gasteiger partial charge is 0.258 e. The van der Waals surface area contributed by atoms with Crippen LogP contribution < -0.4 is 5.32 Å². The van der Waals surface area contributed by atoms with Gasteiger partial charge in [0.1, 0.15) is 0 Å². The van der Waals surface area contributed by atoms with Crippen LogP contribution in [0.25, 0.3) is 21.8 Å². The SMILES string of the molecule is O=C(Nc1ccc2[nH]c3ccccc3c2c1)c1c(Cl)cccc1Cl. The van der Waals surface area contributed by atoms with E-state index >= 15 is 0 Å². The lowest BCUT2D eigenvalue weighted by Gasteiger charge is -2.08. The number of anilines is 1. The van der Waals surface area contributed by atoms with Crippen molar-refractivity contribution in [2.75, 3.05) is 5.32 Å². The fourth-order valence-corrected chi connectivity index (χ4v) is 3.40. The Bertz CT molecular complexity index is 1070. The van der Waals surface area contributed by atoms with E-state index in [-0.39, 0.29) is 11.5 Å². The van der Waals surface area contributed by atoms with E-state index in [0.717, 1.165) is 21.8 Å². The van der Waals surface area contributed by atoms with Crippen LogP contribution in [-0.4, -0.2) is 10.9 Å². The predicted molar refractivity (Wildman–Crippen MR) is 100 cm³/mol. The molecule has 0 bridgehead atoms. The van der Waals surface area contributed by atoms with Crippen molar-refractivity contribution in [3.05, 3.63) is 76.3 Å². The number of rotatable bonds is 2. The molecule has 118 valence electrons. The molecule has 0 aliphatic heterocycles. The van der Waals surface area contributed by atoms with Crippen molar-refractivity contribution in [3.8, 4) is 0 Å². The van der Waals surface area contributed by atoms with Gasteiger partial charge in [-0.3, -0.25) is 4.79 Å². The van der Waals surface area contributed by atoms with E-state index < -0.39 is 0 Å². The second-order valence-corrected chi connectivity index (χ2v) is 6.30. The standard InChI is InChI=1S/C19H12Cl2N2O/c20-14-5-3-6-15(21)18(14)19(24)22-11-8-9-17-13(10-11)12-4-1-2-7-16(12)23-17/h1-10,23H,(H,22,24). The topological polar surface area (TPSA) is 44.9 Å². The number of hydrogen-bond donors (Lipinski definition) is 2. The molecule has 24 heavy (non-hydrogen) atoms. The fourth-order valence-electron chi connectivity index (χ4n) is 2.83. The minimum atomic E-state index is -0.329. The summed E-state index contributed by atoms with van der Waals surface area (Å²) < 4.78 is 0. The van der Waals surface area contributed by atoms with Crippen molar-refractivity contribution >= 4 is 56.6 Å². The van der Waals surface area contributed by atoms with E-state index in [0.29, 0.717) is 15.7 Å². The molecule has 3 aromatic carbocycles. The fraction of sp³-hybridized carbons (Fsp3) is 0. The van der Waals surface area contributed by atoms with Crippen LogP contribution in [0.1, 0.15) is 10.4 Å². The zero-order chi connectivity index (χ0) is 16.7. The summed E-state index contributed by atoms with van der Waals surface area (Å²) in [7, 11) is 0. The van der Waals surface area contributed by atoms with Crippen LogP contribution in [0.4, 0.5) is 5.69 Å². The second kappa shape index (κ2) is 5.86. The molecule has 0 aliphatic rings. The number of nitrogens with one attached hydrogen (secondary N) is 2. The van der Waals surface area contributed by atoms with Crippen molar-refractivity contribution in [3.63, 3.8) is 0 Å². The van der Waals surface area contributed by atoms with E-state index in [2.05, 4.69) is 10.3 Å². The molecular weight excluding hydrogens is 343 g/mol. The Morgan fingerprint density at radius 1 is 0.833 bits per heavy atom. The van der Waals surface area contributed by atoms with Gasteiger partial charge in [0.25, 0.3) is 5.91 Å². The number of carbonyl (C=O) groups excluding carboxylic acids is 1. The average molecular weight is 355 g/mol. The molecule has 0 saturated heterocycles. The number of amides is 1. The predicted octanol–water partition coefficient (Wildman–Crippen LogP) is 5.88. The third kappa shape index (κ3) is 2.52. The highest BCUT2D eigenvalue weighted by molar-refractivity contribution is 6.40. The molecule has 4 rings (SSSR count). The second-order valence-electron chi connectivity index (χ2n) is 5.48. The van der Waals surface area contributed by atoms with Crippen molar-refractivity contribution in [1.29, 1.82) is 0 Å². The number of benzene rings is 3. The van der Waals surface area contributed by atoms with Crippen LogP contribution in [-0.2, 0) is 0 Å². The zero-order valence-corrected chi connectivity index (χ0v) is 13.9. The number of aromatic amines is 1. The van der Waals surface area contributed by atoms with Crippen LogP contribution in [0, 0.1) is 0 Å². The molecule has 0 spiro atoms. The number of para-hydroxylation sites is 1. The Morgan fingerprint density at radius 2 is 1.54 bits per heavy atom. The van der Waals surface area contributed by atoms with Crippen LogP contribution in [0.3, 0.4) is 0 Å². The third-order valence-corrected chi connectivity index (χ3v) is 4.58. The van der Waals surface area contributed by atoms with Gasteiger partial charge >= 0.3 is 0 Å². The summed E-state index contributed by atoms with van der Waals surface area (Å²) in [5, 5.41) is 5.68. The highest BCUT2D eigenvalue weighted by Gasteiger charge is 2.15. The van der Waals surface area contributed by atoms with Crippen molar-refractivity contribution in [1.82, 2.24) is 4.98 Å². The number of aromatic nitrogens is 1. The molecule has 0 radical (unpaired) electrons. The molecule has 0 fully saturated rings. The van der Waals surface area contributed by atoms with Gasteiger partial charge in [-0.25, -0.2) is 0 Å². The maximum Gasteiger partial charge on any atom is 0.258 e. The molecule has 1 amide bonds. The Morgan fingerprint density at radius 3 is 2.33 bits per heavy atom. The molecule has 3 nitrogen and oxygen atoms in total. The summed E-state index contributed by atoms with van der Waals surface area (Å²) >= 11 is 12.2. The van der Waals surface area contributed by atoms with Gasteiger partial charge in [0.2, 0.25) is 0 Å². The van der Waals surface area contributed by atoms with Crippen LogP contribution in [0.15, 0.2) is 60.7 Å². The summed E-state index contributed by atoms with van der Waals surface area (Å²) in [5.41, 5.74) is 3.04. The van der Waals surface area contributed by atoms with E-state index in [9.17, 15) is 4.79 Å². The molecule has 1 aromatic heterocycles. The lowest BCUT2D eigenvalue weighted by molar-refractivity contribution is 0.102. The molecule has 0 atom stereocenters. The van der Waals surface area contributed by atoms with E-state index in [1.165, 1.54) is 0 Å². The summed E-state index contributed by atoms with van der Waals surface area (Å²) in [6, 6.07) is 18.8. The number of H-pyrrole nitrogens is 1. The van der Waals surface area contributed by atoms with Gasteiger partial charge in [-0.2, -0.15) is 0 Å². The third-order valence-electron chi connectivity index (χ3n) is 3.95. The summed E-state index contributed by atoms with van der Waals surface area (Å²) in [5.74, 6) is -0.329. The van der Waals surface area contributed by atoms with E-state index in [1.807, 2.05) is 42.5 Å². The monoisotopic (exact) mass is 354 g/mol. The first-order valence-corrected chi connectivity index (χ1v) is 8.15. The van der Waals surface area contributed by atoms with Gasteiger partial charge in [0.05, 0.1) is 15.6 Å². The van der Waals surface area contributed by atoms with E-state index in [1.54, 1.807) is 18.2 Å². The van der Waals surface area contributed by atoms with Crippen molar-refractivity contribution < 1.29 is 4.79 Å². The Labute approximate surface area is 148 Å². The quantitative estimate of drug-likeness (QED) is 0.463. The van der Waals surface area contributed by atoms with Crippen molar-refractivity contribution in [2.45, 2.75) is 0 Å². The normalized spacial score (nSPS) is 11.1. The van der Waals surface area contributed by atoms with Crippen LogP contribution in [0.2, 0.25) is 10.0 Å². The Balaban J connectivity index is 1.74. The van der Waals surface area contributed by atoms with Crippen LogP contribution >= 0.6 is 23.2 Å². The van der Waals surface area contributed by atoms with Gasteiger partial charge < -0.3 is 10.3 Å². The van der Waals surface area contributed by atoms with Gasteiger partial charge in [-0.05, 0) is 36.4 Å². The maximum atomic E-state index is 12.5. The zero-order valence-electron chi connectivity index (χ0n) is 12.4. The van der Waals surface area contributed by atoms with Gasteiger partial charge in [0, 0.05) is 27.5 Å².